The van der Waals surface area contributed by atoms with E-state index < -0.39 is 6.61 Å². The third-order valence-corrected chi connectivity index (χ3v) is 4.26. The number of nitrogens with zero attached hydrogens (tertiary/aromatic N) is 2. The summed E-state index contributed by atoms with van der Waals surface area (Å²) in [6.07, 6.45) is 3.30. The van der Waals surface area contributed by atoms with Gasteiger partial charge < -0.3 is 15.3 Å². The number of pyridine rings is 1. The normalized spacial score (nSPS) is 15.3. The van der Waals surface area contributed by atoms with Crippen LogP contribution in [-0.2, 0) is 4.79 Å². The summed E-state index contributed by atoms with van der Waals surface area (Å²) in [6.45, 7) is 1.09. The SMILES string of the molecule is O=C(CO)NC1CCN(c2ccc(-c3ccccc3F)cn2)CC1. The van der Waals surface area contributed by atoms with Crippen LogP contribution in [0.3, 0.4) is 0 Å². The number of piperidine rings is 1. The number of anilines is 1. The minimum absolute atomic E-state index is 0.0959. The van der Waals surface area contributed by atoms with Crippen molar-refractivity contribution in [3.63, 3.8) is 0 Å². The molecule has 2 aromatic rings. The molecule has 0 bridgehead atoms. The predicted octanol–water partition coefficient (Wildman–Crippen LogP) is 1.96. The highest BCUT2D eigenvalue weighted by Gasteiger charge is 2.21. The number of carbonyl (C=O) groups is 1. The molecule has 1 fully saturated rings. The smallest absolute Gasteiger partial charge is 0.245 e. The molecular weight excluding hydrogens is 309 g/mol. The molecule has 2 N–H and O–H groups in total. The molecule has 1 aromatic heterocycles. The van der Waals surface area contributed by atoms with Gasteiger partial charge >= 0.3 is 0 Å². The summed E-state index contributed by atoms with van der Waals surface area (Å²) in [7, 11) is 0. The van der Waals surface area contributed by atoms with Gasteiger partial charge in [-0.25, -0.2) is 9.37 Å². The van der Waals surface area contributed by atoms with Gasteiger partial charge in [-0.2, -0.15) is 0 Å². The van der Waals surface area contributed by atoms with Gasteiger partial charge in [-0.3, -0.25) is 4.79 Å². The van der Waals surface area contributed by atoms with Crippen molar-refractivity contribution in [3.05, 3.63) is 48.4 Å². The second-order valence-electron chi connectivity index (χ2n) is 5.87. The first-order chi connectivity index (χ1) is 11.7. The molecule has 1 amide bonds. The van der Waals surface area contributed by atoms with Crippen molar-refractivity contribution in [2.24, 2.45) is 0 Å². The molecule has 1 aliphatic rings. The van der Waals surface area contributed by atoms with E-state index in [1.165, 1.54) is 6.07 Å². The largest absolute Gasteiger partial charge is 0.387 e. The number of aliphatic hydroxyl groups excluding tert-OH is 1. The van der Waals surface area contributed by atoms with Gasteiger partial charge in [-0.1, -0.05) is 18.2 Å². The van der Waals surface area contributed by atoms with E-state index in [0.29, 0.717) is 5.56 Å². The Hall–Kier alpha value is -2.47. The van der Waals surface area contributed by atoms with Crippen LogP contribution in [0.1, 0.15) is 12.8 Å². The van der Waals surface area contributed by atoms with Crippen molar-refractivity contribution >= 4 is 11.7 Å². The van der Waals surface area contributed by atoms with E-state index in [-0.39, 0.29) is 17.8 Å². The maximum atomic E-state index is 13.8. The average molecular weight is 329 g/mol. The molecule has 3 rings (SSSR count). The van der Waals surface area contributed by atoms with Crippen LogP contribution in [0.15, 0.2) is 42.6 Å². The van der Waals surface area contributed by atoms with Crippen LogP contribution in [0.4, 0.5) is 10.2 Å². The Balaban J connectivity index is 1.63. The van der Waals surface area contributed by atoms with E-state index in [1.807, 2.05) is 12.1 Å². The summed E-state index contributed by atoms with van der Waals surface area (Å²) in [5.74, 6) is 0.260. The van der Waals surface area contributed by atoms with Crippen LogP contribution in [0.5, 0.6) is 0 Å². The quantitative estimate of drug-likeness (QED) is 0.900. The molecular formula is C18H20FN3O2. The molecule has 24 heavy (non-hydrogen) atoms. The lowest BCUT2D eigenvalue weighted by molar-refractivity contribution is -0.124. The third-order valence-electron chi connectivity index (χ3n) is 4.26. The number of nitrogens with one attached hydrogen (secondary N) is 1. The van der Waals surface area contributed by atoms with Crippen molar-refractivity contribution in [3.8, 4) is 11.1 Å². The highest BCUT2D eigenvalue weighted by atomic mass is 19.1. The number of hydrogen-bond acceptors (Lipinski definition) is 4. The van der Waals surface area contributed by atoms with Gasteiger partial charge in [0.05, 0.1) is 0 Å². The van der Waals surface area contributed by atoms with Crippen LogP contribution < -0.4 is 10.2 Å². The first kappa shape index (κ1) is 16.4. The number of rotatable bonds is 4. The monoisotopic (exact) mass is 329 g/mol. The van der Waals surface area contributed by atoms with E-state index in [4.69, 9.17) is 5.11 Å². The van der Waals surface area contributed by atoms with Crippen molar-refractivity contribution in [2.45, 2.75) is 18.9 Å². The Labute approximate surface area is 140 Å². The van der Waals surface area contributed by atoms with Gasteiger partial charge in [-0.05, 0) is 31.0 Å². The Bertz CT molecular complexity index is 698. The molecule has 1 saturated heterocycles. The second-order valence-corrected chi connectivity index (χ2v) is 5.87. The fourth-order valence-electron chi connectivity index (χ4n) is 2.95. The van der Waals surface area contributed by atoms with Crippen molar-refractivity contribution in [1.29, 1.82) is 0 Å². The lowest BCUT2D eigenvalue weighted by Gasteiger charge is -2.33. The average Bonchev–Trinajstić information content (AvgIpc) is 2.63. The zero-order valence-electron chi connectivity index (χ0n) is 13.3. The summed E-state index contributed by atoms with van der Waals surface area (Å²) in [5.41, 5.74) is 1.30. The molecule has 1 aliphatic heterocycles. The summed E-state index contributed by atoms with van der Waals surface area (Å²) >= 11 is 0. The molecule has 2 heterocycles. The van der Waals surface area contributed by atoms with Gasteiger partial charge in [0.25, 0.3) is 0 Å². The minimum atomic E-state index is -0.473. The molecule has 0 saturated carbocycles. The lowest BCUT2D eigenvalue weighted by Crippen LogP contribution is -2.45. The number of aliphatic hydroxyl groups is 1. The standard InChI is InChI=1S/C18H20FN3O2/c19-16-4-2-1-3-15(16)13-5-6-17(20-11-13)22-9-7-14(8-10-22)21-18(24)12-23/h1-6,11,14,23H,7-10,12H2,(H,21,24). The van der Waals surface area contributed by atoms with Gasteiger partial charge in [0.1, 0.15) is 18.2 Å². The van der Waals surface area contributed by atoms with E-state index in [0.717, 1.165) is 37.3 Å². The predicted molar refractivity (Wildman–Crippen MR) is 90.1 cm³/mol. The molecule has 5 nitrogen and oxygen atoms in total. The van der Waals surface area contributed by atoms with Gasteiger partial charge in [0.2, 0.25) is 5.91 Å². The van der Waals surface area contributed by atoms with Crippen LogP contribution >= 0.6 is 0 Å². The van der Waals surface area contributed by atoms with Crippen LogP contribution in [0.2, 0.25) is 0 Å². The molecule has 0 radical (unpaired) electrons. The maximum Gasteiger partial charge on any atom is 0.245 e. The van der Waals surface area contributed by atoms with Crippen LogP contribution in [0.25, 0.3) is 11.1 Å². The van der Waals surface area contributed by atoms with E-state index in [1.54, 1.807) is 24.4 Å². The third kappa shape index (κ3) is 3.71. The molecule has 1 aromatic carbocycles. The molecule has 0 spiro atoms. The molecule has 126 valence electrons. The number of hydrogen-bond donors (Lipinski definition) is 2. The maximum absolute atomic E-state index is 13.8. The zero-order chi connectivity index (χ0) is 16.9. The summed E-state index contributed by atoms with van der Waals surface area (Å²) in [6, 6.07) is 10.5. The van der Waals surface area contributed by atoms with Crippen molar-refractivity contribution in [2.75, 3.05) is 24.6 Å². The van der Waals surface area contributed by atoms with Gasteiger partial charge in [0.15, 0.2) is 0 Å². The highest BCUT2D eigenvalue weighted by Crippen LogP contribution is 2.24. The van der Waals surface area contributed by atoms with Crippen molar-refractivity contribution < 1.29 is 14.3 Å². The second kappa shape index (κ2) is 7.40. The Morgan fingerprint density at radius 2 is 2.00 bits per heavy atom. The first-order valence-corrected chi connectivity index (χ1v) is 8.03. The van der Waals surface area contributed by atoms with Crippen LogP contribution in [-0.4, -0.2) is 41.7 Å². The van der Waals surface area contributed by atoms with E-state index in [9.17, 15) is 9.18 Å². The van der Waals surface area contributed by atoms with Crippen LogP contribution in [0, 0.1) is 5.82 Å². The number of aromatic nitrogens is 1. The molecule has 0 aliphatic carbocycles. The molecule has 0 unspecified atom stereocenters. The zero-order valence-corrected chi connectivity index (χ0v) is 13.3. The van der Waals surface area contributed by atoms with Gasteiger partial charge in [-0.15, -0.1) is 0 Å². The van der Waals surface area contributed by atoms with E-state index >= 15 is 0 Å². The Kier molecular flexibility index (Phi) is 5.05. The number of halogens is 1. The summed E-state index contributed by atoms with van der Waals surface area (Å²) < 4.78 is 13.8. The van der Waals surface area contributed by atoms with Gasteiger partial charge in [0, 0.05) is 36.5 Å². The first-order valence-electron chi connectivity index (χ1n) is 8.03. The fourth-order valence-corrected chi connectivity index (χ4v) is 2.95. The van der Waals surface area contributed by atoms with Crippen molar-refractivity contribution in [1.82, 2.24) is 10.3 Å². The Morgan fingerprint density at radius 1 is 1.25 bits per heavy atom. The number of amides is 1. The minimum Gasteiger partial charge on any atom is -0.387 e. The Morgan fingerprint density at radius 3 is 2.62 bits per heavy atom. The number of carbonyl (C=O) groups excluding carboxylic acids is 1. The number of benzene rings is 1. The van der Waals surface area contributed by atoms with E-state index in [2.05, 4.69) is 15.2 Å². The molecule has 0 atom stereocenters. The summed E-state index contributed by atoms with van der Waals surface area (Å²) in [4.78, 5) is 17.8. The molecule has 6 heteroatoms. The topological polar surface area (TPSA) is 65.5 Å². The lowest BCUT2D eigenvalue weighted by atomic mass is 10.0. The fraction of sp³-hybridized carbons (Fsp3) is 0.333. The highest BCUT2D eigenvalue weighted by molar-refractivity contribution is 5.77. The summed E-state index contributed by atoms with van der Waals surface area (Å²) in [5, 5.41) is 11.6.